The zero-order valence-electron chi connectivity index (χ0n) is 13.8. The number of aromatic amines is 1. The van der Waals surface area contributed by atoms with Crippen LogP contribution >= 0.6 is 15.9 Å². The summed E-state index contributed by atoms with van der Waals surface area (Å²) in [6.45, 7) is 7.83. The highest BCUT2D eigenvalue weighted by Gasteiger charge is 2.30. The van der Waals surface area contributed by atoms with Crippen LogP contribution < -0.4 is 0 Å². The highest BCUT2D eigenvalue weighted by Crippen LogP contribution is 2.32. The Morgan fingerprint density at radius 1 is 1.25 bits per heavy atom. The molecule has 0 aliphatic rings. The van der Waals surface area contributed by atoms with Gasteiger partial charge in [0.1, 0.15) is 10.4 Å². The number of benzene rings is 1. The van der Waals surface area contributed by atoms with Gasteiger partial charge in [-0.15, -0.1) is 0 Å². The number of halogens is 4. The minimum atomic E-state index is -4.37. The molecule has 0 aliphatic heterocycles. The number of hydrogen-bond acceptors (Lipinski definition) is 2. The second kappa shape index (κ2) is 7.41. The van der Waals surface area contributed by atoms with Crippen molar-refractivity contribution in [2.45, 2.75) is 38.5 Å². The lowest BCUT2D eigenvalue weighted by Gasteiger charge is -2.15. The summed E-state index contributed by atoms with van der Waals surface area (Å²) < 4.78 is 44.7. The first-order valence-corrected chi connectivity index (χ1v) is 12.1. The Hall–Kier alpha value is -1.12. The fourth-order valence-corrected chi connectivity index (χ4v) is 3.16. The van der Waals surface area contributed by atoms with Crippen LogP contribution in [-0.4, -0.2) is 24.6 Å². The van der Waals surface area contributed by atoms with Gasteiger partial charge in [-0.05, 0) is 34.1 Å². The van der Waals surface area contributed by atoms with Crippen molar-refractivity contribution >= 4 is 24.0 Å². The van der Waals surface area contributed by atoms with Crippen molar-refractivity contribution in [3.8, 4) is 11.4 Å². The Labute approximate surface area is 148 Å². The summed E-state index contributed by atoms with van der Waals surface area (Å²) in [5.41, 5.74) is 0.414. The highest BCUT2D eigenvalue weighted by atomic mass is 79.9. The molecule has 2 rings (SSSR count). The summed E-state index contributed by atoms with van der Waals surface area (Å²) in [6.07, 6.45) is -4.37. The van der Waals surface area contributed by atoms with E-state index in [1.807, 2.05) is 0 Å². The van der Waals surface area contributed by atoms with E-state index in [-0.39, 0.29) is 0 Å². The summed E-state index contributed by atoms with van der Waals surface area (Å²) in [5, 5.41) is 0. The van der Waals surface area contributed by atoms with E-state index in [0.29, 0.717) is 29.2 Å². The number of rotatable bonds is 6. The second-order valence-corrected chi connectivity index (χ2v) is 13.2. The molecule has 24 heavy (non-hydrogen) atoms. The van der Waals surface area contributed by atoms with Crippen molar-refractivity contribution in [3.05, 3.63) is 40.1 Å². The molecular weight excluding hydrogens is 401 g/mol. The summed E-state index contributed by atoms with van der Waals surface area (Å²) in [6, 6.07) is 6.15. The number of nitrogens with zero attached hydrogens (tertiary/aromatic N) is 1. The van der Waals surface area contributed by atoms with Gasteiger partial charge in [0.05, 0.1) is 17.9 Å². The average Bonchev–Trinajstić information content (AvgIpc) is 2.83. The number of alkyl halides is 3. The average molecular weight is 421 g/mol. The summed E-state index contributed by atoms with van der Waals surface area (Å²) in [7, 11) is -1.15. The maximum Gasteiger partial charge on any atom is 0.416 e. The Morgan fingerprint density at radius 3 is 2.58 bits per heavy atom. The van der Waals surface area contributed by atoms with Gasteiger partial charge in [0, 0.05) is 20.2 Å². The molecule has 0 fully saturated rings. The van der Waals surface area contributed by atoms with Crippen molar-refractivity contribution in [1.29, 1.82) is 0 Å². The predicted octanol–water partition coefficient (Wildman–Crippen LogP) is 5.71. The van der Waals surface area contributed by atoms with Gasteiger partial charge in [0.15, 0.2) is 0 Å². The van der Waals surface area contributed by atoms with Gasteiger partial charge >= 0.3 is 6.18 Å². The number of imidazole rings is 1. The Kier molecular flexibility index (Phi) is 5.93. The van der Waals surface area contributed by atoms with Crippen LogP contribution in [0.5, 0.6) is 0 Å². The van der Waals surface area contributed by atoms with Gasteiger partial charge in [-0.3, -0.25) is 0 Å². The molecule has 1 N–H and O–H groups in total. The van der Waals surface area contributed by atoms with Crippen molar-refractivity contribution in [2.24, 2.45) is 0 Å². The van der Waals surface area contributed by atoms with E-state index in [4.69, 9.17) is 4.74 Å². The number of H-pyrrole nitrogens is 1. The molecule has 0 saturated heterocycles. The van der Waals surface area contributed by atoms with E-state index in [9.17, 15) is 13.2 Å². The number of ether oxygens (including phenoxy) is 1. The van der Waals surface area contributed by atoms with Crippen molar-refractivity contribution in [3.63, 3.8) is 0 Å². The summed E-state index contributed by atoms with van der Waals surface area (Å²) in [4.78, 5) is 7.29. The summed E-state index contributed by atoms with van der Waals surface area (Å²) >= 11 is 3.33. The maximum absolute atomic E-state index is 12.8. The molecule has 0 aliphatic carbocycles. The van der Waals surface area contributed by atoms with E-state index in [1.54, 1.807) is 6.07 Å². The highest BCUT2D eigenvalue weighted by molar-refractivity contribution is 9.10. The fourth-order valence-electron chi connectivity index (χ4n) is 2.02. The molecule has 1 aromatic heterocycles. The smallest absolute Gasteiger partial charge is 0.375 e. The van der Waals surface area contributed by atoms with Crippen molar-refractivity contribution < 1.29 is 17.9 Å². The Bertz CT molecular complexity index is 695. The van der Waals surface area contributed by atoms with Gasteiger partial charge in [-0.25, -0.2) is 4.98 Å². The first-order valence-electron chi connectivity index (χ1n) is 7.56. The first-order chi connectivity index (χ1) is 11.1. The fraction of sp³-hybridized carbons (Fsp3) is 0.438. The van der Waals surface area contributed by atoms with Crippen LogP contribution in [0.15, 0.2) is 28.9 Å². The molecule has 3 nitrogen and oxygen atoms in total. The monoisotopic (exact) mass is 420 g/mol. The standard InChI is InChI=1S/C16H20BrF3N2OSi/c1-24(2,3)8-7-23-10-13-14(17)22-15(21-13)11-5-4-6-12(9-11)16(18,19)20/h4-6,9H,7-8,10H2,1-3H3,(H,21,22). The van der Waals surface area contributed by atoms with Crippen LogP contribution in [-0.2, 0) is 17.5 Å². The Balaban J connectivity index is 2.09. The topological polar surface area (TPSA) is 37.9 Å². The zero-order chi connectivity index (χ0) is 18.0. The molecule has 0 saturated carbocycles. The second-order valence-electron chi connectivity index (χ2n) is 6.80. The van der Waals surface area contributed by atoms with Crippen molar-refractivity contribution in [1.82, 2.24) is 9.97 Å². The van der Waals surface area contributed by atoms with Crippen LogP contribution in [0.2, 0.25) is 25.7 Å². The lowest BCUT2D eigenvalue weighted by molar-refractivity contribution is -0.137. The van der Waals surface area contributed by atoms with Gasteiger partial charge in [-0.2, -0.15) is 13.2 Å². The summed E-state index contributed by atoms with van der Waals surface area (Å²) in [5.74, 6) is 0.386. The lowest BCUT2D eigenvalue weighted by Crippen LogP contribution is -2.21. The van der Waals surface area contributed by atoms with Gasteiger partial charge in [0.25, 0.3) is 0 Å². The Morgan fingerprint density at radius 2 is 1.96 bits per heavy atom. The molecular formula is C16H20BrF3N2OSi. The minimum Gasteiger partial charge on any atom is -0.375 e. The lowest BCUT2D eigenvalue weighted by atomic mass is 10.1. The van der Waals surface area contributed by atoms with E-state index in [0.717, 1.165) is 23.9 Å². The largest absolute Gasteiger partial charge is 0.416 e. The third-order valence-corrected chi connectivity index (χ3v) is 5.79. The molecule has 8 heteroatoms. The molecule has 0 spiro atoms. The molecule has 1 heterocycles. The third-order valence-electron chi connectivity index (χ3n) is 3.43. The van der Waals surface area contributed by atoms with Crippen LogP contribution in [0, 0.1) is 0 Å². The minimum absolute atomic E-state index is 0.344. The van der Waals surface area contributed by atoms with Crippen LogP contribution in [0.4, 0.5) is 13.2 Å². The molecule has 0 radical (unpaired) electrons. The van der Waals surface area contributed by atoms with Gasteiger partial charge in [0.2, 0.25) is 0 Å². The predicted molar refractivity (Wildman–Crippen MR) is 94.5 cm³/mol. The van der Waals surface area contributed by atoms with Crippen molar-refractivity contribution in [2.75, 3.05) is 6.61 Å². The number of nitrogens with one attached hydrogen (secondary N) is 1. The van der Waals surface area contributed by atoms with Gasteiger partial charge < -0.3 is 9.72 Å². The number of aromatic nitrogens is 2. The molecule has 2 aromatic rings. The molecule has 132 valence electrons. The van der Waals surface area contributed by atoms with E-state index in [2.05, 4.69) is 45.5 Å². The normalized spacial score (nSPS) is 12.6. The van der Waals surface area contributed by atoms with E-state index >= 15 is 0 Å². The molecule has 0 unspecified atom stereocenters. The third kappa shape index (κ3) is 5.46. The SMILES string of the molecule is C[Si](C)(C)CCOCc1[nH]c(-c2cccc(C(F)(F)F)c2)nc1Br. The zero-order valence-corrected chi connectivity index (χ0v) is 16.4. The molecule has 0 atom stereocenters. The van der Waals surface area contributed by atoms with E-state index in [1.165, 1.54) is 6.07 Å². The number of hydrogen-bond donors (Lipinski definition) is 1. The van der Waals surface area contributed by atoms with Crippen LogP contribution in [0.3, 0.4) is 0 Å². The molecule has 0 bridgehead atoms. The van der Waals surface area contributed by atoms with Crippen LogP contribution in [0.25, 0.3) is 11.4 Å². The molecule has 1 aromatic carbocycles. The van der Waals surface area contributed by atoms with Gasteiger partial charge in [-0.1, -0.05) is 31.8 Å². The quantitative estimate of drug-likeness (QED) is 0.479. The first kappa shape index (κ1) is 19.2. The van der Waals surface area contributed by atoms with Crippen LogP contribution in [0.1, 0.15) is 11.3 Å². The molecule has 0 amide bonds. The van der Waals surface area contributed by atoms with E-state index < -0.39 is 19.8 Å². The maximum atomic E-state index is 12.8.